The van der Waals surface area contributed by atoms with Crippen molar-refractivity contribution >= 4 is 5.91 Å². The number of nitrogens with zero attached hydrogens (tertiary/aromatic N) is 4. The molecule has 134 valence electrons. The number of aryl methyl sites for hydroxylation is 1. The van der Waals surface area contributed by atoms with Crippen LogP contribution in [0.3, 0.4) is 0 Å². The Hall–Kier alpha value is -2.21. The van der Waals surface area contributed by atoms with Gasteiger partial charge in [0.05, 0.1) is 12.7 Å². The van der Waals surface area contributed by atoms with Crippen LogP contribution in [-0.2, 0) is 18.4 Å². The first-order valence-corrected chi connectivity index (χ1v) is 8.88. The van der Waals surface area contributed by atoms with Gasteiger partial charge in [-0.3, -0.25) is 4.79 Å². The van der Waals surface area contributed by atoms with E-state index in [1.54, 1.807) is 6.33 Å². The molecule has 0 radical (unpaired) electrons. The summed E-state index contributed by atoms with van der Waals surface area (Å²) in [5.74, 6) is 1.50. The minimum Gasteiger partial charge on any atom is -0.374 e. The van der Waals surface area contributed by atoms with Crippen LogP contribution in [0.4, 0.5) is 0 Å². The molecule has 0 aliphatic carbocycles. The maximum Gasteiger partial charge on any atom is 0.253 e. The van der Waals surface area contributed by atoms with E-state index in [0.717, 1.165) is 42.9 Å². The number of amides is 1. The molecule has 6 nitrogen and oxygen atoms in total. The van der Waals surface area contributed by atoms with Crippen molar-refractivity contribution < 1.29 is 9.53 Å². The van der Waals surface area contributed by atoms with Gasteiger partial charge in [-0.2, -0.15) is 0 Å². The second-order valence-electron chi connectivity index (χ2n) is 6.92. The van der Waals surface area contributed by atoms with Gasteiger partial charge >= 0.3 is 0 Å². The summed E-state index contributed by atoms with van der Waals surface area (Å²) in [5.41, 5.74) is 1.83. The Balaban J connectivity index is 1.56. The molecule has 0 atom stereocenters. The van der Waals surface area contributed by atoms with E-state index in [1.165, 1.54) is 0 Å². The highest BCUT2D eigenvalue weighted by atomic mass is 16.5. The summed E-state index contributed by atoms with van der Waals surface area (Å²) in [6, 6.07) is 7.75. The van der Waals surface area contributed by atoms with Crippen LogP contribution in [-0.4, -0.2) is 44.8 Å². The Bertz CT molecular complexity index is 700. The minimum absolute atomic E-state index is 0.104. The quantitative estimate of drug-likeness (QED) is 0.838. The van der Waals surface area contributed by atoms with Crippen molar-refractivity contribution in [2.45, 2.75) is 45.3 Å². The first-order chi connectivity index (χ1) is 12.0. The van der Waals surface area contributed by atoms with Crippen LogP contribution in [0, 0.1) is 0 Å². The maximum atomic E-state index is 12.7. The fraction of sp³-hybridized carbons (Fsp3) is 0.526. The number of hydrogen-bond acceptors (Lipinski definition) is 4. The van der Waals surface area contributed by atoms with E-state index >= 15 is 0 Å². The number of carbonyl (C=O) groups excluding carboxylic acids is 1. The molecule has 1 aliphatic heterocycles. The highest BCUT2D eigenvalue weighted by Crippen LogP contribution is 2.26. The lowest BCUT2D eigenvalue weighted by molar-refractivity contribution is 0.0654. The molecule has 0 saturated carbocycles. The highest BCUT2D eigenvalue weighted by Gasteiger charge is 2.26. The van der Waals surface area contributed by atoms with Gasteiger partial charge in [-0.25, -0.2) is 0 Å². The summed E-state index contributed by atoms with van der Waals surface area (Å²) in [4.78, 5) is 14.6. The summed E-state index contributed by atoms with van der Waals surface area (Å²) in [6.07, 6.45) is 3.80. The van der Waals surface area contributed by atoms with Crippen LogP contribution in [0.15, 0.2) is 30.6 Å². The Kier molecular flexibility index (Phi) is 5.48. The van der Waals surface area contributed by atoms with Gasteiger partial charge in [-0.1, -0.05) is 12.1 Å². The first-order valence-electron chi connectivity index (χ1n) is 8.88. The number of ether oxygens (including phenoxy) is 1. The van der Waals surface area contributed by atoms with Gasteiger partial charge < -0.3 is 14.2 Å². The van der Waals surface area contributed by atoms with Crippen LogP contribution in [0.5, 0.6) is 0 Å². The fourth-order valence-electron chi connectivity index (χ4n) is 3.19. The molecule has 1 amide bonds. The van der Waals surface area contributed by atoms with Crippen molar-refractivity contribution in [2.24, 2.45) is 7.05 Å². The molecule has 6 heteroatoms. The molecular formula is C19H26N4O2. The Morgan fingerprint density at radius 3 is 2.48 bits per heavy atom. The van der Waals surface area contributed by atoms with Gasteiger partial charge in [0.25, 0.3) is 5.91 Å². The molecule has 3 rings (SSSR count). The van der Waals surface area contributed by atoms with Crippen LogP contribution in [0.1, 0.15) is 54.4 Å². The number of carbonyl (C=O) groups is 1. The molecule has 1 aliphatic rings. The van der Waals surface area contributed by atoms with Gasteiger partial charge in [0, 0.05) is 31.6 Å². The minimum atomic E-state index is 0.104. The topological polar surface area (TPSA) is 60.2 Å². The van der Waals surface area contributed by atoms with Crippen molar-refractivity contribution in [2.75, 3.05) is 13.1 Å². The second kappa shape index (κ2) is 7.78. The predicted octanol–water partition coefficient (Wildman–Crippen LogP) is 2.76. The normalized spacial score (nSPS) is 15.8. The zero-order valence-electron chi connectivity index (χ0n) is 15.2. The summed E-state index contributed by atoms with van der Waals surface area (Å²) in [6.45, 7) is 6.13. The largest absolute Gasteiger partial charge is 0.374 e. The molecule has 2 aromatic rings. The van der Waals surface area contributed by atoms with Gasteiger partial charge in [-0.05, 0) is 44.4 Å². The number of benzene rings is 1. The lowest BCUT2D eigenvalue weighted by Crippen LogP contribution is -2.38. The fourth-order valence-corrected chi connectivity index (χ4v) is 3.19. The summed E-state index contributed by atoms with van der Waals surface area (Å²) in [7, 11) is 1.97. The van der Waals surface area contributed by atoms with E-state index in [9.17, 15) is 4.79 Å². The number of hydrogen-bond donors (Lipinski definition) is 0. The second-order valence-corrected chi connectivity index (χ2v) is 6.92. The van der Waals surface area contributed by atoms with Crippen LogP contribution >= 0.6 is 0 Å². The van der Waals surface area contributed by atoms with E-state index in [1.807, 2.05) is 54.6 Å². The highest BCUT2D eigenvalue weighted by molar-refractivity contribution is 5.94. The number of aromatic nitrogens is 3. The average Bonchev–Trinajstić information content (AvgIpc) is 3.06. The van der Waals surface area contributed by atoms with E-state index in [-0.39, 0.29) is 12.0 Å². The van der Waals surface area contributed by atoms with E-state index in [0.29, 0.717) is 12.5 Å². The van der Waals surface area contributed by atoms with Crippen molar-refractivity contribution in [3.05, 3.63) is 47.5 Å². The molecule has 0 bridgehead atoms. The average molecular weight is 342 g/mol. The number of piperidine rings is 1. The molecular weight excluding hydrogens is 316 g/mol. The molecule has 2 heterocycles. The molecule has 1 aromatic heterocycles. The van der Waals surface area contributed by atoms with Gasteiger partial charge in [0.15, 0.2) is 0 Å². The zero-order chi connectivity index (χ0) is 17.8. The lowest BCUT2D eigenvalue weighted by Gasteiger charge is -2.31. The summed E-state index contributed by atoms with van der Waals surface area (Å²) >= 11 is 0. The predicted molar refractivity (Wildman–Crippen MR) is 95.2 cm³/mol. The molecule has 0 spiro atoms. The number of likely N-dealkylation sites (tertiary alicyclic amines) is 1. The van der Waals surface area contributed by atoms with Crippen molar-refractivity contribution in [3.63, 3.8) is 0 Å². The van der Waals surface area contributed by atoms with Crippen molar-refractivity contribution in [1.82, 2.24) is 19.7 Å². The maximum absolute atomic E-state index is 12.7. The molecule has 0 unspecified atom stereocenters. The van der Waals surface area contributed by atoms with E-state index < -0.39 is 0 Å². The van der Waals surface area contributed by atoms with Gasteiger partial charge in [-0.15, -0.1) is 10.2 Å². The van der Waals surface area contributed by atoms with Crippen LogP contribution in [0.2, 0.25) is 0 Å². The SMILES string of the molecule is CC(C)OCc1ccc(C(=O)N2CCC(c3nncn3C)CC2)cc1. The standard InChI is InChI=1S/C19H26N4O2/c1-14(2)25-12-15-4-6-17(7-5-15)19(24)23-10-8-16(9-11-23)18-21-20-13-22(18)3/h4-7,13-14,16H,8-12H2,1-3H3. The molecule has 1 aromatic carbocycles. The van der Waals surface area contributed by atoms with Gasteiger partial charge in [0.1, 0.15) is 12.2 Å². The summed E-state index contributed by atoms with van der Waals surface area (Å²) in [5, 5.41) is 8.16. The van der Waals surface area contributed by atoms with Gasteiger partial charge in [0.2, 0.25) is 0 Å². The van der Waals surface area contributed by atoms with E-state index in [4.69, 9.17) is 4.74 Å². The smallest absolute Gasteiger partial charge is 0.253 e. The van der Waals surface area contributed by atoms with Crippen molar-refractivity contribution in [3.8, 4) is 0 Å². The monoisotopic (exact) mass is 342 g/mol. The van der Waals surface area contributed by atoms with E-state index in [2.05, 4.69) is 10.2 Å². The third-order valence-corrected chi connectivity index (χ3v) is 4.68. The van der Waals surface area contributed by atoms with Crippen molar-refractivity contribution in [1.29, 1.82) is 0 Å². The van der Waals surface area contributed by atoms with Crippen LogP contribution in [0.25, 0.3) is 0 Å². The molecule has 25 heavy (non-hydrogen) atoms. The Morgan fingerprint density at radius 2 is 1.92 bits per heavy atom. The lowest BCUT2D eigenvalue weighted by atomic mass is 9.95. The third-order valence-electron chi connectivity index (χ3n) is 4.68. The van der Waals surface area contributed by atoms with Crippen LogP contribution < -0.4 is 0 Å². The molecule has 1 fully saturated rings. The third kappa shape index (κ3) is 4.25. The summed E-state index contributed by atoms with van der Waals surface area (Å²) < 4.78 is 7.57. The Morgan fingerprint density at radius 1 is 1.24 bits per heavy atom. The number of rotatable bonds is 5. The Labute approximate surface area is 148 Å². The molecule has 0 N–H and O–H groups in total. The first kappa shape index (κ1) is 17.6. The molecule has 1 saturated heterocycles. The zero-order valence-corrected chi connectivity index (χ0v) is 15.2.